The maximum Gasteiger partial charge on any atom is 0.213 e. The predicted molar refractivity (Wildman–Crippen MR) is 87.6 cm³/mol. The van der Waals surface area contributed by atoms with E-state index in [1.165, 1.54) is 23.5 Å². The van der Waals surface area contributed by atoms with Crippen molar-refractivity contribution in [3.8, 4) is 21.8 Å². The first-order valence-corrected chi connectivity index (χ1v) is 7.88. The second-order valence-corrected chi connectivity index (χ2v) is 6.00. The van der Waals surface area contributed by atoms with E-state index >= 15 is 0 Å². The molecule has 4 aromatic rings. The Labute approximate surface area is 135 Å². The van der Waals surface area contributed by atoms with Gasteiger partial charge in [-0.15, -0.1) is 0 Å². The molecule has 0 bridgehead atoms. The molecule has 0 radical (unpaired) electrons. The van der Waals surface area contributed by atoms with E-state index in [9.17, 15) is 9.50 Å². The summed E-state index contributed by atoms with van der Waals surface area (Å²) in [6.45, 7) is -0.189. The largest absolute Gasteiger partial charge is 0.390 e. The number of aromatic nitrogens is 3. The van der Waals surface area contributed by atoms with Gasteiger partial charge in [0.05, 0.1) is 18.0 Å². The third-order valence-corrected chi connectivity index (χ3v) is 4.54. The van der Waals surface area contributed by atoms with Crippen LogP contribution in [0.4, 0.5) is 4.39 Å². The molecule has 0 saturated carbocycles. The molecule has 0 amide bonds. The number of aliphatic hydroxyl groups excluding tert-OH is 1. The lowest BCUT2D eigenvalue weighted by molar-refractivity contribution is 0.275. The molecule has 4 nitrogen and oxygen atoms in total. The molecule has 0 atom stereocenters. The summed E-state index contributed by atoms with van der Waals surface area (Å²) in [5.74, 6) is -0.301. The zero-order valence-corrected chi connectivity index (χ0v) is 12.8. The lowest BCUT2D eigenvalue weighted by Gasteiger charge is -2.01. The van der Waals surface area contributed by atoms with Crippen molar-refractivity contribution in [3.05, 3.63) is 66.1 Å². The van der Waals surface area contributed by atoms with Gasteiger partial charge in [-0.05, 0) is 24.3 Å². The molecule has 0 saturated heterocycles. The maximum absolute atomic E-state index is 13.1. The highest BCUT2D eigenvalue weighted by atomic mass is 32.1. The summed E-state index contributed by atoms with van der Waals surface area (Å²) in [7, 11) is 0. The monoisotopic (exact) mass is 325 g/mol. The third kappa shape index (κ3) is 2.42. The second-order valence-electron chi connectivity index (χ2n) is 5.04. The molecule has 2 aromatic heterocycles. The highest BCUT2D eigenvalue weighted by Gasteiger charge is 2.17. The lowest BCUT2D eigenvalue weighted by Crippen LogP contribution is -1.95. The van der Waals surface area contributed by atoms with Crippen molar-refractivity contribution in [3.63, 3.8) is 0 Å². The molecule has 2 heterocycles. The molecule has 114 valence electrons. The van der Waals surface area contributed by atoms with E-state index in [0.717, 1.165) is 16.1 Å². The molecule has 23 heavy (non-hydrogen) atoms. The van der Waals surface area contributed by atoms with Gasteiger partial charge in [0, 0.05) is 11.1 Å². The molecule has 2 aromatic carbocycles. The summed E-state index contributed by atoms with van der Waals surface area (Å²) < 4.78 is 14.7. The van der Waals surface area contributed by atoms with E-state index < -0.39 is 0 Å². The zero-order chi connectivity index (χ0) is 15.8. The van der Waals surface area contributed by atoms with Crippen LogP contribution in [0.25, 0.3) is 26.8 Å². The van der Waals surface area contributed by atoms with Gasteiger partial charge in [-0.3, -0.25) is 0 Å². The van der Waals surface area contributed by atoms with Gasteiger partial charge in [0.25, 0.3) is 0 Å². The summed E-state index contributed by atoms with van der Waals surface area (Å²) in [6, 6.07) is 15.9. The van der Waals surface area contributed by atoms with Crippen LogP contribution in [0.1, 0.15) is 5.69 Å². The Morgan fingerprint density at radius 3 is 2.43 bits per heavy atom. The molecular formula is C17H12FN3OS. The van der Waals surface area contributed by atoms with Crippen molar-refractivity contribution in [1.82, 2.24) is 14.6 Å². The molecule has 0 aliphatic carbocycles. The van der Waals surface area contributed by atoms with Crippen molar-refractivity contribution in [2.75, 3.05) is 0 Å². The van der Waals surface area contributed by atoms with Crippen LogP contribution in [0, 0.1) is 5.82 Å². The van der Waals surface area contributed by atoms with Crippen molar-refractivity contribution >= 4 is 16.3 Å². The molecule has 0 fully saturated rings. The summed E-state index contributed by atoms with van der Waals surface area (Å²) >= 11 is 1.45. The van der Waals surface area contributed by atoms with Gasteiger partial charge in [0.15, 0.2) is 0 Å². The normalized spacial score (nSPS) is 11.2. The predicted octanol–water partition coefficient (Wildman–Crippen LogP) is 3.76. The number of fused-ring (bicyclic) bond motifs is 1. The van der Waals surface area contributed by atoms with Crippen molar-refractivity contribution in [2.24, 2.45) is 0 Å². The number of aliphatic hydroxyl groups is 1. The number of nitrogens with zero attached hydrogens (tertiary/aromatic N) is 3. The lowest BCUT2D eigenvalue weighted by atomic mass is 10.1. The molecule has 0 unspecified atom stereocenters. The first-order chi connectivity index (χ1) is 11.3. The zero-order valence-electron chi connectivity index (χ0n) is 12.0. The average molecular weight is 325 g/mol. The minimum absolute atomic E-state index is 0.189. The molecule has 0 aliphatic heterocycles. The molecule has 0 spiro atoms. The van der Waals surface area contributed by atoms with E-state index in [1.54, 1.807) is 16.6 Å². The minimum atomic E-state index is -0.301. The molecule has 4 rings (SSSR count). The maximum atomic E-state index is 13.1. The van der Waals surface area contributed by atoms with Crippen LogP contribution in [0.3, 0.4) is 0 Å². The summed E-state index contributed by atoms with van der Waals surface area (Å²) in [5.41, 5.74) is 3.00. The Hall–Kier alpha value is -2.57. The first kappa shape index (κ1) is 14.0. The molecule has 6 heteroatoms. The Bertz CT molecular complexity index is 961. The van der Waals surface area contributed by atoms with E-state index in [1.807, 2.05) is 30.3 Å². The van der Waals surface area contributed by atoms with Crippen LogP contribution < -0.4 is 0 Å². The van der Waals surface area contributed by atoms with Crippen LogP contribution in [0.5, 0.6) is 0 Å². The number of hydrogen-bond donors (Lipinski definition) is 1. The summed E-state index contributed by atoms with van der Waals surface area (Å²) in [4.78, 5) is 5.27. The number of hydrogen-bond acceptors (Lipinski definition) is 4. The first-order valence-electron chi connectivity index (χ1n) is 7.07. The fraction of sp³-hybridized carbons (Fsp3) is 0.0588. The van der Waals surface area contributed by atoms with Gasteiger partial charge < -0.3 is 5.11 Å². The quantitative estimate of drug-likeness (QED) is 0.624. The number of imidazole rings is 1. The van der Waals surface area contributed by atoms with E-state index in [0.29, 0.717) is 16.3 Å². The Morgan fingerprint density at radius 2 is 1.74 bits per heavy atom. The molecule has 1 N–H and O–H groups in total. The fourth-order valence-electron chi connectivity index (χ4n) is 2.47. The number of benzene rings is 2. The van der Waals surface area contributed by atoms with Crippen LogP contribution in [-0.2, 0) is 6.61 Å². The van der Waals surface area contributed by atoms with Crippen LogP contribution in [0.2, 0.25) is 0 Å². The van der Waals surface area contributed by atoms with Crippen LogP contribution in [0.15, 0.2) is 54.6 Å². The van der Waals surface area contributed by atoms with E-state index in [2.05, 4.69) is 10.1 Å². The summed E-state index contributed by atoms with van der Waals surface area (Å²) in [6.07, 6.45) is 0. The van der Waals surface area contributed by atoms with Gasteiger partial charge in [0.1, 0.15) is 10.8 Å². The Kier molecular flexibility index (Phi) is 3.40. The highest BCUT2D eigenvalue weighted by Crippen LogP contribution is 2.31. The topological polar surface area (TPSA) is 50.4 Å². The van der Waals surface area contributed by atoms with Gasteiger partial charge in [-0.1, -0.05) is 41.7 Å². The van der Waals surface area contributed by atoms with Gasteiger partial charge in [0.2, 0.25) is 4.96 Å². The SMILES string of the molecule is OCc1c(-c2ccc(F)cc2)nc2sc(-c3ccccc3)nn12. The van der Waals surface area contributed by atoms with Crippen LogP contribution in [-0.4, -0.2) is 19.7 Å². The number of rotatable bonds is 3. The summed E-state index contributed by atoms with van der Waals surface area (Å²) in [5, 5.41) is 15.1. The Balaban J connectivity index is 1.85. The number of halogens is 1. The van der Waals surface area contributed by atoms with Gasteiger partial charge in [-0.25, -0.2) is 13.9 Å². The van der Waals surface area contributed by atoms with Crippen LogP contribution >= 0.6 is 11.3 Å². The van der Waals surface area contributed by atoms with Gasteiger partial charge >= 0.3 is 0 Å². The highest BCUT2D eigenvalue weighted by molar-refractivity contribution is 7.19. The second kappa shape index (κ2) is 5.57. The third-order valence-electron chi connectivity index (χ3n) is 3.58. The van der Waals surface area contributed by atoms with E-state index in [4.69, 9.17) is 0 Å². The minimum Gasteiger partial charge on any atom is -0.390 e. The average Bonchev–Trinajstić information content (AvgIpc) is 3.14. The Morgan fingerprint density at radius 1 is 1.00 bits per heavy atom. The van der Waals surface area contributed by atoms with Crippen molar-refractivity contribution < 1.29 is 9.50 Å². The standard InChI is InChI=1S/C17H12FN3OS/c18-13-8-6-11(7-9-13)15-14(10-22)21-17(19-15)23-16(20-21)12-4-2-1-3-5-12/h1-9,22H,10H2. The fourth-order valence-corrected chi connectivity index (χ4v) is 3.39. The molecular weight excluding hydrogens is 313 g/mol. The van der Waals surface area contributed by atoms with E-state index in [-0.39, 0.29) is 12.4 Å². The van der Waals surface area contributed by atoms with Crippen molar-refractivity contribution in [2.45, 2.75) is 6.61 Å². The molecule has 0 aliphatic rings. The van der Waals surface area contributed by atoms with Crippen molar-refractivity contribution in [1.29, 1.82) is 0 Å². The smallest absolute Gasteiger partial charge is 0.213 e. The van der Waals surface area contributed by atoms with Gasteiger partial charge in [-0.2, -0.15) is 5.10 Å².